The van der Waals surface area contributed by atoms with Gasteiger partial charge in [-0.05, 0) is 24.8 Å². The predicted octanol–water partition coefficient (Wildman–Crippen LogP) is 3.76. The Morgan fingerprint density at radius 1 is 1.28 bits per heavy atom. The Hall–Kier alpha value is -0.726. The van der Waals surface area contributed by atoms with E-state index in [1.165, 1.54) is 12.1 Å². The molecule has 3 heteroatoms. The molecule has 2 rings (SSSR count). The van der Waals surface area contributed by atoms with Gasteiger partial charge in [0, 0.05) is 39.3 Å². The number of benzene rings is 1. The van der Waals surface area contributed by atoms with Gasteiger partial charge in [-0.25, -0.2) is 4.39 Å². The molecule has 18 heavy (non-hydrogen) atoms. The molecule has 1 nitrogen and oxygen atoms in total. The first-order valence-electron chi connectivity index (χ1n) is 5.66. The van der Waals surface area contributed by atoms with Gasteiger partial charge in [-0.3, -0.25) is 0 Å². The summed E-state index contributed by atoms with van der Waals surface area (Å²) in [5.74, 6) is -0.223. The van der Waals surface area contributed by atoms with Crippen molar-refractivity contribution in [3.05, 3.63) is 65.6 Å². The number of hydrogen-bond acceptors (Lipinski definition) is 1. The van der Waals surface area contributed by atoms with Crippen molar-refractivity contribution in [1.82, 2.24) is 4.90 Å². The van der Waals surface area contributed by atoms with Gasteiger partial charge in [0.25, 0.3) is 0 Å². The van der Waals surface area contributed by atoms with Crippen LogP contribution in [0.3, 0.4) is 0 Å². The summed E-state index contributed by atoms with van der Waals surface area (Å²) in [6.45, 7) is 8.96. The standard InChI is InChI=1S/C15H15FN.Y/c1-4-17-12(3)11(2)5-10-15(17)13-6-8-14(16)9-7-13;/h5-9H,3-4H2,1-2H3;/q-1;. The second kappa shape index (κ2) is 6.44. The summed E-state index contributed by atoms with van der Waals surface area (Å²) in [7, 11) is 0. The Morgan fingerprint density at radius 2 is 1.89 bits per heavy atom. The second-order valence-electron chi connectivity index (χ2n) is 4.02. The van der Waals surface area contributed by atoms with Crippen molar-refractivity contribution in [1.29, 1.82) is 0 Å². The van der Waals surface area contributed by atoms with E-state index in [4.69, 9.17) is 0 Å². The van der Waals surface area contributed by atoms with Crippen LogP contribution in [-0.2, 0) is 32.7 Å². The third-order valence-electron chi connectivity index (χ3n) is 2.91. The van der Waals surface area contributed by atoms with Crippen LogP contribution in [0, 0.1) is 11.9 Å². The van der Waals surface area contributed by atoms with Gasteiger partial charge < -0.3 is 4.90 Å². The maximum Gasteiger partial charge on any atom is 0.121 e. The van der Waals surface area contributed by atoms with Gasteiger partial charge in [0.1, 0.15) is 5.82 Å². The Balaban J connectivity index is 0.00000162. The molecule has 0 N–H and O–H groups in total. The molecular weight excluding hydrogens is 302 g/mol. The predicted molar refractivity (Wildman–Crippen MR) is 68.3 cm³/mol. The van der Waals surface area contributed by atoms with Crippen molar-refractivity contribution in [2.45, 2.75) is 13.8 Å². The molecule has 91 valence electrons. The van der Waals surface area contributed by atoms with E-state index >= 15 is 0 Å². The zero-order valence-corrected chi connectivity index (χ0v) is 13.5. The molecule has 1 aliphatic rings. The molecule has 0 saturated carbocycles. The molecule has 0 aromatic heterocycles. The molecule has 1 heterocycles. The quantitative estimate of drug-likeness (QED) is 0.751. The van der Waals surface area contributed by atoms with Gasteiger partial charge in [0.05, 0.1) is 0 Å². The van der Waals surface area contributed by atoms with Gasteiger partial charge in [-0.1, -0.05) is 24.8 Å². The SMILES string of the molecule is C=C1C(C)=C[C-]=C(c2ccc(F)cc2)N1CC.[Y]. The van der Waals surface area contributed by atoms with E-state index in [1.54, 1.807) is 12.1 Å². The summed E-state index contributed by atoms with van der Waals surface area (Å²) in [5.41, 5.74) is 3.99. The minimum absolute atomic E-state index is 0. The van der Waals surface area contributed by atoms with E-state index in [9.17, 15) is 4.39 Å². The number of allylic oxidation sites excluding steroid dienone is 3. The first-order valence-corrected chi connectivity index (χ1v) is 5.66. The average Bonchev–Trinajstić information content (AvgIpc) is 2.34. The van der Waals surface area contributed by atoms with Crippen LogP contribution in [0.1, 0.15) is 19.4 Å². The molecule has 0 bridgehead atoms. The molecule has 0 amide bonds. The van der Waals surface area contributed by atoms with Gasteiger partial charge in [-0.2, -0.15) is 12.2 Å². The van der Waals surface area contributed by atoms with Crippen LogP contribution in [0.2, 0.25) is 0 Å². The fraction of sp³-hybridized carbons (Fsp3) is 0.200. The number of halogens is 1. The molecular formula is C15H15FNY-. The molecule has 1 aromatic rings. The molecule has 0 atom stereocenters. The third kappa shape index (κ3) is 2.99. The molecule has 1 radical (unpaired) electrons. The summed E-state index contributed by atoms with van der Waals surface area (Å²) in [5, 5.41) is 0. The van der Waals surface area contributed by atoms with E-state index in [2.05, 4.69) is 24.5 Å². The maximum absolute atomic E-state index is 12.9. The van der Waals surface area contributed by atoms with Crippen LogP contribution in [0.25, 0.3) is 5.70 Å². The van der Waals surface area contributed by atoms with E-state index in [0.717, 1.165) is 29.1 Å². The first kappa shape index (κ1) is 15.3. The second-order valence-corrected chi connectivity index (χ2v) is 4.02. The minimum Gasteiger partial charge on any atom is -0.376 e. The van der Waals surface area contributed by atoms with Crippen LogP contribution in [-0.4, -0.2) is 11.4 Å². The molecule has 0 spiro atoms. The van der Waals surface area contributed by atoms with Gasteiger partial charge in [-0.15, -0.1) is 17.7 Å². The van der Waals surface area contributed by atoms with E-state index < -0.39 is 0 Å². The van der Waals surface area contributed by atoms with Crippen LogP contribution in [0.5, 0.6) is 0 Å². The Morgan fingerprint density at radius 3 is 2.44 bits per heavy atom. The number of hydrogen-bond donors (Lipinski definition) is 0. The first-order chi connectivity index (χ1) is 8.13. The van der Waals surface area contributed by atoms with E-state index in [1.807, 2.05) is 13.0 Å². The topological polar surface area (TPSA) is 3.24 Å². The molecule has 0 unspecified atom stereocenters. The van der Waals surface area contributed by atoms with Gasteiger partial charge >= 0.3 is 0 Å². The van der Waals surface area contributed by atoms with Crippen LogP contribution < -0.4 is 0 Å². The Bertz CT molecular complexity index is 500. The van der Waals surface area contributed by atoms with Crippen molar-refractivity contribution in [3.63, 3.8) is 0 Å². The summed E-state index contributed by atoms with van der Waals surface area (Å²) in [6, 6.07) is 6.46. The van der Waals surface area contributed by atoms with Crippen molar-refractivity contribution >= 4 is 5.70 Å². The molecule has 1 aromatic carbocycles. The van der Waals surface area contributed by atoms with Crippen LogP contribution in [0.15, 0.2) is 48.2 Å². The third-order valence-corrected chi connectivity index (χ3v) is 2.91. The molecule has 0 aliphatic carbocycles. The van der Waals surface area contributed by atoms with E-state index in [0.29, 0.717) is 0 Å². The summed E-state index contributed by atoms with van der Waals surface area (Å²) in [4.78, 5) is 2.09. The monoisotopic (exact) mass is 317 g/mol. The molecule has 1 aliphatic heterocycles. The normalized spacial score (nSPS) is 14.8. The zero-order valence-electron chi connectivity index (χ0n) is 10.7. The molecule has 0 fully saturated rings. The zero-order chi connectivity index (χ0) is 12.4. The average molecular weight is 317 g/mol. The van der Waals surface area contributed by atoms with Gasteiger partial charge in [0.15, 0.2) is 0 Å². The fourth-order valence-corrected chi connectivity index (χ4v) is 1.88. The van der Waals surface area contributed by atoms with Crippen molar-refractivity contribution in [2.75, 3.05) is 6.54 Å². The van der Waals surface area contributed by atoms with Crippen LogP contribution >= 0.6 is 0 Å². The largest absolute Gasteiger partial charge is 0.376 e. The summed E-state index contributed by atoms with van der Waals surface area (Å²) >= 11 is 0. The fourth-order valence-electron chi connectivity index (χ4n) is 1.88. The minimum atomic E-state index is -0.223. The Labute approximate surface area is 133 Å². The van der Waals surface area contributed by atoms with Crippen molar-refractivity contribution in [2.24, 2.45) is 0 Å². The van der Waals surface area contributed by atoms with Crippen molar-refractivity contribution < 1.29 is 37.1 Å². The van der Waals surface area contributed by atoms with Crippen LogP contribution in [0.4, 0.5) is 4.39 Å². The van der Waals surface area contributed by atoms with E-state index in [-0.39, 0.29) is 38.5 Å². The number of likely N-dealkylation sites (N-methyl/N-ethyl adjacent to an activating group) is 1. The maximum atomic E-state index is 12.9. The summed E-state index contributed by atoms with van der Waals surface area (Å²) in [6.07, 6.45) is 5.16. The smallest absolute Gasteiger partial charge is 0.121 e. The van der Waals surface area contributed by atoms with Gasteiger partial charge in [0.2, 0.25) is 0 Å². The molecule has 0 saturated heterocycles. The number of rotatable bonds is 2. The summed E-state index contributed by atoms with van der Waals surface area (Å²) < 4.78 is 12.9. The Kier molecular flexibility index (Phi) is 5.49. The van der Waals surface area contributed by atoms with Crippen molar-refractivity contribution in [3.8, 4) is 0 Å². The number of nitrogens with zero attached hydrogens (tertiary/aromatic N) is 1.